The van der Waals surface area contributed by atoms with Gasteiger partial charge in [0.1, 0.15) is 0 Å². The number of carbonyl (C=O) groups excluding carboxylic acids is 1. The van der Waals surface area contributed by atoms with Gasteiger partial charge in [-0.3, -0.25) is 14.4 Å². The molecule has 2 aliphatic rings. The predicted octanol–water partition coefficient (Wildman–Crippen LogP) is 6.80. The van der Waals surface area contributed by atoms with Crippen LogP contribution < -0.4 is 10.0 Å². The summed E-state index contributed by atoms with van der Waals surface area (Å²) in [6.45, 7) is 21.8. The van der Waals surface area contributed by atoms with Crippen molar-refractivity contribution in [1.29, 1.82) is 0 Å². The molecule has 40 heavy (non-hydrogen) atoms. The highest BCUT2D eigenvalue weighted by atomic mass is 32.2. The lowest BCUT2D eigenvalue weighted by atomic mass is 9.84. The molecule has 2 heterocycles. The van der Waals surface area contributed by atoms with E-state index in [4.69, 9.17) is 4.74 Å². The Kier molecular flexibility index (Phi) is 10.5. The van der Waals surface area contributed by atoms with Crippen molar-refractivity contribution in [3.05, 3.63) is 41.1 Å². The number of carbonyl (C=O) groups is 1. The number of hydrogen-bond donors (Lipinski definition) is 2. The summed E-state index contributed by atoms with van der Waals surface area (Å²) in [6, 6.07) is 8.83. The molecule has 222 valence electrons. The molecule has 0 radical (unpaired) electrons. The van der Waals surface area contributed by atoms with Crippen molar-refractivity contribution in [2.45, 2.75) is 103 Å². The van der Waals surface area contributed by atoms with Gasteiger partial charge in [-0.15, -0.1) is 0 Å². The Morgan fingerprint density at radius 1 is 1.00 bits per heavy atom. The summed E-state index contributed by atoms with van der Waals surface area (Å²) in [6.07, 6.45) is 6.64. The van der Waals surface area contributed by atoms with E-state index in [1.807, 2.05) is 20.8 Å². The van der Waals surface area contributed by atoms with Crippen molar-refractivity contribution in [3.63, 3.8) is 0 Å². The van der Waals surface area contributed by atoms with Gasteiger partial charge < -0.3 is 14.6 Å². The summed E-state index contributed by atoms with van der Waals surface area (Å²) in [7, 11) is 0. The summed E-state index contributed by atoms with van der Waals surface area (Å²) < 4.78 is 11.7. The Morgan fingerprint density at radius 3 is 2.35 bits per heavy atom. The zero-order chi connectivity index (χ0) is 28.9. The van der Waals surface area contributed by atoms with Gasteiger partial charge in [-0.05, 0) is 99.2 Å². The third-order valence-corrected chi connectivity index (χ3v) is 9.13. The van der Waals surface area contributed by atoms with Crippen molar-refractivity contribution in [2.24, 2.45) is 5.92 Å². The van der Waals surface area contributed by atoms with Crippen molar-refractivity contribution in [1.82, 2.24) is 19.5 Å². The maximum Gasteiger partial charge on any atom is 0.251 e. The van der Waals surface area contributed by atoms with E-state index in [0.29, 0.717) is 5.92 Å². The van der Waals surface area contributed by atoms with Crippen molar-refractivity contribution < 1.29 is 9.53 Å². The molecule has 4 rings (SSSR count). The molecule has 0 atom stereocenters. The molecule has 1 aromatic heterocycles. The summed E-state index contributed by atoms with van der Waals surface area (Å²) in [5.41, 5.74) is 5.22. The Hall–Kier alpha value is -1.80. The smallest absolute Gasteiger partial charge is 0.251 e. The second kappa shape index (κ2) is 13.5. The number of benzene rings is 1. The van der Waals surface area contributed by atoms with Crippen LogP contribution in [0.1, 0.15) is 95.3 Å². The molecule has 7 heteroatoms. The Balaban J connectivity index is 1.65. The van der Waals surface area contributed by atoms with E-state index in [0.717, 1.165) is 57.1 Å². The van der Waals surface area contributed by atoms with Gasteiger partial charge >= 0.3 is 0 Å². The summed E-state index contributed by atoms with van der Waals surface area (Å²) in [5, 5.41) is 3.18. The third kappa shape index (κ3) is 8.60. The van der Waals surface area contributed by atoms with Crippen LogP contribution in [-0.2, 0) is 16.7 Å². The molecule has 1 saturated heterocycles. The fourth-order valence-electron chi connectivity index (χ4n) is 5.74. The van der Waals surface area contributed by atoms with Crippen LogP contribution in [0.2, 0.25) is 0 Å². The van der Waals surface area contributed by atoms with Crippen molar-refractivity contribution >= 4 is 17.9 Å². The highest BCUT2D eigenvalue weighted by Crippen LogP contribution is 2.36. The molecule has 6 nitrogen and oxygen atoms in total. The Labute approximate surface area is 247 Å². The number of amides is 1. The fraction of sp³-hybridized carbons (Fsp3) is 0.667. The van der Waals surface area contributed by atoms with Crippen molar-refractivity contribution in [2.75, 3.05) is 39.4 Å². The van der Waals surface area contributed by atoms with Crippen LogP contribution in [0.5, 0.6) is 0 Å². The largest absolute Gasteiger partial charge is 0.379 e. The minimum atomic E-state index is -0.288. The SMILES string of the molecule is Cc1c(SNCCN2CCOCC2)cc(-c2cc(C(=O)NC(C)(C)C)cc(C(C)(C)C)c2)n1CC1CCCCC1. The van der Waals surface area contributed by atoms with Crippen LogP contribution in [0.15, 0.2) is 29.2 Å². The topological polar surface area (TPSA) is 58.5 Å². The standard InChI is InChI=1S/C33H52N4O2S/c1-24-30(40-34-13-14-36-15-17-39-18-16-36)22-29(37(24)23-25-11-9-8-10-12-25)26-19-27(31(38)35-33(5,6)7)21-28(20-26)32(2,3)4/h19-22,25,34H,8-18,23H2,1-7H3,(H,35,38). The number of aromatic nitrogens is 1. The maximum absolute atomic E-state index is 13.4. The molecule has 1 aliphatic carbocycles. The lowest BCUT2D eigenvalue weighted by Crippen LogP contribution is -2.40. The zero-order valence-electron chi connectivity index (χ0n) is 26.0. The van der Waals surface area contributed by atoms with Crippen LogP contribution in [0.4, 0.5) is 0 Å². The monoisotopic (exact) mass is 568 g/mol. The predicted molar refractivity (Wildman–Crippen MR) is 168 cm³/mol. The van der Waals surface area contributed by atoms with E-state index < -0.39 is 0 Å². The number of ether oxygens (including phenoxy) is 1. The summed E-state index contributed by atoms with van der Waals surface area (Å²) >= 11 is 1.75. The zero-order valence-corrected chi connectivity index (χ0v) is 26.8. The van der Waals surface area contributed by atoms with Gasteiger partial charge in [0, 0.05) is 60.1 Å². The van der Waals surface area contributed by atoms with Gasteiger partial charge in [-0.2, -0.15) is 0 Å². The van der Waals surface area contributed by atoms with Gasteiger partial charge in [-0.25, -0.2) is 0 Å². The van der Waals surface area contributed by atoms with E-state index in [-0.39, 0.29) is 16.9 Å². The first-order chi connectivity index (χ1) is 18.9. The van der Waals surface area contributed by atoms with Crippen LogP contribution in [0.25, 0.3) is 11.3 Å². The summed E-state index contributed by atoms with van der Waals surface area (Å²) in [5.74, 6) is 0.696. The van der Waals surface area contributed by atoms with Crippen LogP contribution >= 0.6 is 11.9 Å². The Morgan fingerprint density at radius 2 is 1.70 bits per heavy atom. The van der Waals surface area contributed by atoms with E-state index in [9.17, 15) is 4.79 Å². The van der Waals surface area contributed by atoms with Gasteiger partial charge in [0.2, 0.25) is 0 Å². The molecule has 2 aromatic rings. The highest BCUT2D eigenvalue weighted by Gasteiger charge is 2.24. The average Bonchev–Trinajstić information content (AvgIpc) is 3.21. The molecule has 1 saturated carbocycles. The number of nitrogens with one attached hydrogen (secondary N) is 2. The third-order valence-electron chi connectivity index (χ3n) is 8.15. The second-order valence-corrected chi connectivity index (χ2v) is 14.7. The molecule has 2 fully saturated rings. The first kappa shape index (κ1) is 31.1. The molecule has 1 aliphatic heterocycles. The van der Waals surface area contributed by atoms with Gasteiger partial charge in [-0.1, -0.05) is 40.0 Å². The maximum atomic E-state index is 13.4. The van der Waals surface area contributed by atoms with Gasteiger partial charge in [0.05, 0.1) is 13.2 Å². The molecule has 1 amide bonds. The highest BCUT2D eigenvalue weighted by molar-refractivity contribution is 7.97. The molecule has 2 N–H and O–H groups in total. The number of morpholine rings is 1. The average molecular weight is 569 g/mol. The van der Waals surface area contributed by atoms with Gasteiger partial charge in [0.25, 0.3) is 5.91 Å². The van der Waals surface area contributed by atoms with Crippen molar-refractivity contribution in [3.8, 4) is 11.3 Å². The molecular weight excluding hydrogens is 516 g/mol. The van der Waals surface area contributed by atoms with Gasteiger partial charge in [0.15, 0.2) is 0 Å². The minimum Gasteiger partial charge on any atom is -0.379 e. The minimum absolute atomic E-state index is 0.0127. The first-order valence-electron chi connectivity index (χ1n) is 15.3. The normalized spacial score (nSPS) is 17.8. The van der Waals surface area contributed by atoms with Crippen LogP contribution in [0, 0.1) is 12.8 Å². The molecule has 0 spiro atoms. The van der Waals surface area contributed by atoms with E-state index >= 15 is 0 Å². The lowest BCUT2D eigenvalue weighted by molar-refractivity contribution is 0.0391. The quantitative estimate of drug-likeness (QED) is 0.257. The molecule has 0 unspecified atom stereocenters. The fourth-order valence-corrected chi connectivity index (χ4v) is 6.51. The van der Waals surface area contributed by atoms with E-state index in [1.165, 1.54) is 54.0 Å². The lowest BCUT2D eigenvalue weighted by Gasteiger charge is -2.26. The number of nitrogens with zero attached hydrogens (tertiary/aromatic N) is 2. The Bertz CT molecular complexity index is 1130. The number of hydrogen-bond acceptors (Lipinski definition) is 5. The van der Waals surface area contributed by atoms with Crippen LogP contribution in [0.3, 0.4) is 0 Å². The van der Waals surface area contributed by atoms with E-state index in [1.54, 1.807) is 11.9 Å². The first-order valence-corrected chi connectivity index (χ1v) is 16.1. The number of rotatable bonds is 9. The van der Waals surface area contributed by atoms with E-state index in [2.05, 4.69) is 71.5 Å². The second-order valence-electron chi connectivity index (χ2n) is 13.8. The molecule has 0 bridgehead atoms. The van der Waals surface area contributed by atoms with Crippen LogP contribution in [-0.4, -0.2) is 60.3 Å². The molecular formula is C33H52N4O2S. The summed E-state index contributed by atoms with van der Waals surface area (Å²) in [4.78, 5) is 17.1. The molecule has 1 aromatic carbocycles.